The number of hydrogen-bond acceptors (Lipinski definition) is 3. The molecule has 0 atom stereocenters. The molecule has 0 saturated heterocycles. The molecule has 0 fully saturated rings. The molecule has 15 heavy (non-hydrogen) atoms. The molecule has 4 heteroatoms. The van der Waals surface area contributed by atoms with Crippen molar-refractivity contribution in [3.8, 4) is 0 Å². The Kier molecular flexibility index (Phi) is 3.73. The van der Waals surface area contributed by atoms with Gasteiger partial charge in [0.15, 0.2) is 0 Å². The van der Waals surface area contributed by atoms with Gasteiger partial charge in [0.05, 0.1) is 12.1 Å². The molecule has 84 valence electrons. The molecule has 3 nitrogen and oxygen atoms in total. The van der Waals surface area contributed by atoms with E-state index in [1.54, 1.807) is 6.20 Å². The summed E-state index contributed by atoms with van der Waals surface area (Å²) in [5.74, 6) is 0.870. The quantitative estimate of drug-likeness (QED) is 0.918. The first-order valence-corrected chi connectivity index (χ1v) is 5.64. The molecular weight excluding hydrogens is 256 g/mol. The van der Waals surface area contributed by atoms with Crippen molar-refractivity contribution in [2.24, 2.45) is 0 Å². The van der Waals surface area contributed by atoms with Crippen molar-refractivity contribution in [2.45, 2.75) is 26.3 Å². The maximum Gasteiger partial charge on any atom is 0.129 e. The zero-order chi connectivity index (χ0) is 11.6. The summed E-state index contributed by atoms with van der Waals surface area (Å²) in [6.45, 7) is 6.08. The molecule has 0 saturated carbocycles. The van der Waals surface area contributed by atoms with Crippen LogP contribution in [0, 0.1) is 6.92 Å². The van der Waals surface area contributed by atoms with Gasteiger partial charge < -0.3 is 10.0 Å². The maximum atomic E-state index is 9.27. The van der Waals surface area contributed by atoms with Crippen molar-refractivity contribution in [1.29, 1.82) is 0 Å². The minimum absolute atomic E-state index is 0.0975. The Balaban J connectivity index is 3.02. The van der Waals surface area contributed by atoms with Gasteiger partial charge in [-0.3, -0.25) is 0 Å². The molecule has 0 radical (unpaired) electrons. The van der Waals surface area contributed by atoms with E-state index in [0.29, 0.717) is 0 Å². The number of aryl methyl sites for hydroxylation is 1. The van der Waals surface area contributed by atoms with E-state index in [-0.39, 0.29) is 12.1 Å². The fourth-order valence-corrected chi connectivity index (χ4v) is 1.34. The molecule has 0 unspecified atom stereocenters. The Bertz CT molecular complexity index is 352. The van der Waals surface area contributed by atoms with Gasteiger partial charge in [0.25, 0.3) is 0 Å². The summed E-state index contributed by atoms with van der Waals surface area (Å²) in [6, 6.07) is 2.00. The fourth-order valence-electron chi connectivity index (χ4n) is 1.12. The van der Waals surface area contributed by atoms with E-state index in [2.05, 4.69) is 20.9 Å². The number of pyridine rings is 1. The second kappa shape index (κ2) is 4.49. The zero-order valence-electron chi connectivity index (χ0n) is 9.58. The Labute approximate surface area is 99.3 Å². The van der Waals surface area contributed by atoms with Crippen LogP contribution in [-0.4, -0.2) is 29.3 Å². The predicted octanol–water partition coefficient (Wildman–Crippen LogP) is 2.36. The number of halogens is 1. The van der Waals surface area contributed by atoms with Crippen LogP contribution >= 0.6 is 15.9 Å². The normalized spacial score (nSPS) is 11.6. The summed E-state index contributed by atoms with van der Waals surface area (Å²) < 4.78 is 1.00. The summed E-state index contributed by atoms with van der Waals surface area (Å²) in [5.41, 5.74) is 0.841. The molecule has 0 bridgehead atoms. The Morgan fingerprint density at radius 3 is 2.60 bits per heavy atom. The lowest BCUT2D eigenvalue weighted by Crippen LogP contribution is -2.44. The molecule has 1 heterocycles. The third-order valence-electron chi connectivity index (χ3n) is 2.67. The number of likely N-dealkylation sites (N-methyl/N-ethyl adjacent to an activating group) is 1. The van der Waals surface area contributed by atoms with Crippen LogP contribution in [0.15, 0.2) is 16.7 Å². The van der Waals surface area contributed by atoms with Crippen molar-refractivity contribution in [1.82, 2.24) is 4.98 Å². The van der Waals surface area contributed by atoms with Gasteiger partial charge >= 0.3 is 0 Å². The first kappa shape index (κ1) is 12.5. The summed E-state index contributed by atoms with van der Waals surface area (Å²) in [7, 11) is 1.94. The Morgan fingerprint density at radius 2 is 2.13 bits per heavy atom. The zero-order valence-corrected chi connectivity index (χ0v) is 11.2. The molecule has 0 aliphatic rings. The number of aliphatic hydroxyl groups excluding tert-OH is 1. The molecule has 1 rings (SSSR count). The van der Waals surface area contributed by atoms with E-state index >= 15 is 0 Å². The SMILES string of the molecule is Cc1cc(N(C)C(C)(C)CO)ncc1Br. The predicted molar refractivity (Wildman–Crippen MR) is 66.2 cm³/mol. The van der Waals surface area contributed by atoms with Crippen molar-refractivity contribution in [2.75, 3.05) is 18.6 Å². The molecule has 0 spiro atoms. The third-order valence-corrected chi connectivity index (χ3v) is 3.50. The fraction of sp³-hybridized carbons (Fsp3) is 0.545. The molecule has 1 N–H and O–H groups in total. The second-order valence-electron chi connectivity index (χ2n) is 4.32. The number of hydrogen-bond donors (Lipinski definition) is 1. The largest absolute Gasteiger partial charge is 0.394 e. The summed E-state index contributed by atoms with van der Waals surface area (Å²) >= 11 is 3.42. The van der Waals surface area contributed by atoms with Crippen LogP contribution in [0.1, 0.15) is 19.4 Å². The minimum atomic E-state index is -0.298. The van der Waals surface area contributed by atoms with Gasteiger partial charge in [-0.15, -0.1) is 0 Å². The molecule has 0 aromatic carbocycles. The van der Waals surface area contributed by atoms with Crippen molar-refractivity contribution < 1.29 is 5.11 Å². The molecule has 0 aliphatic heterocycles. The van der Waals surface area contributed by atoms with E-state index in [4.69, 9.17) is 0 Å². The van der Waals surface area contributed by atoms with E-state index in [9.17, 15) is 5.11 Å². The van der Waals surface area contributed by atoms with Gasteiger partial charge in [0, 0.05) is 17.7 Å². The van der Waals surface area contributed by atoms with Crippen molar-refractivity contribution >= 4 is 21.7 Å². The van der Waals surface area contributed by atoms with Crippen LogP contribution in [0.2, 0.25) is 0 Å². The van der Waals surface area contributed by atoms with Gasteiger partial charge in [-0.25, -0.2) is 4.98 Å². The number of aliphatic hydroxyl groups is 1. The highest BCUT2D eigenvalue weighted by molar-refractivity contribution is 9.10. The lowest BCUT2D eigenvalue weighted by atomic mass is 10.1. The van der Waals surface area contributed by atoms with Gasteiger partial charge in [0.1, 0.15) is 5.82 Å². The van der Waals surface area contributed by atoms with Crippen LogP contribution in [0.4, 0.5) is 5.82 Å². The molecular formula is C11H17BrN2O. The number of rotatable bonds is 3. The molecule has 1 aromatic heterocycles. The van der Waals surface area contributed by atoms with Crippen LogP contribution < -0.4 is 4.90 Å². The van der Waals surface area contributed by atoms with E-state index < -0.39 is 0 Å². The van der Waals surface area contributed by atoms with Gasteiger partial charge in [-0.05, 0) is 48.3 Å². The standard InChI is InChI=1S/C11H17BrN2O/c1-8-5-10(13-6-9(8)12)14(4)11(2,3)7-15/h5-6,15H,7H2,1-4H3. The van der Waals surface area contributed by atoms with Crippen molar-refractivity contribution in [3.63, 3.8) is 0 Å². The smallest absolute Gasteiger partial charge is 0.129 e. The molecule has 1 aromatic rings. The summed E-state index contributed by atoms with van der Waals surface area (Å²) in [4.78, 5) is 6.30. The number of nitrogens with zero attached hydrogens (tertiary/aromatic N) is 2. The van der Waals surface area contributed by atoms with Crippen LogP contribution in [0.3, 0.4) is 0 Å². The number of aromatic nitrogens is 1. The monoisotopic (exact) mass is 272 g/mol. The average Bonchev–Trinajstić information content (AvgIpc) is 2.21. The lowest BCUT2D eigenvalue weighted by Gasteiger charge is -2.35. The second-order valence-corrected chi connectivity index (χ2v) is 5.18. The van der Waals surface area contributed by atoms with Gasteiger partial charge in [0.2, 0.25) is 0 Å². The third kappa shape index (κ3) is 2.69. The average molecular weight is 273 g/mol. The number of anilines is 1. The van der Waals surface area contributed by atoms with E-state index in [0.717, 1.165) is 15.9 Å². The van der Waals surface area contributed by atoms with Gasteiger partial charge in [-0.2, -0.15) is 0 Å². The highest BCUT2D eigenvalue weighted by Gasteiger charge is 2.23. The van der Waals surface area contributed by atoms with Crippen LogP contribution in [0.25, 0.3) is 0 Å². The van der Waals surface area contributed by atoms with Crippen molar-refractivity contribution in [3.05, 3.63) is 22.3 Å². The van der Waals surface area contributed by atoms with E-state index in [1.165, 1.54) is 0 Å². The van der Waals surface area contributed by atoms with Crippen LogP contribution in [0.5, 0.6) is 0 Å². The summed E-state index contributed by atoms with van der Waals surface area (Å²) in [5, 5.41) is 9.27. The summed E-state index contributed by atoms with van der Waals surface area (Å²) in [6.07, 6.45) is 1.79. The topological polar surface area (TPSA) is 36.4 Å². The van der Waals surface area contributed by atoms with E-state index in [1.807, 2.05) is 38.8 Å². The highest BCUT2D eigenvalue weighted by Crippen LogP contribution is 2.23. The minimum Gasteiger partial charge on any atom is -0.394 e. The van der Waals surface area contributed by atoms with Gasteiger partial charge in [-0.1, -0.05) is 0 Å². The first-order chi connectivity index (χ1) is 6.88. The molecule has 0 aliphatic carbocycles. The Morgan fingerprint density at radius 1 is 1.53 bits per heavy atom. The first-order valence-electron chi connectivity index (χ1n) is 4.85. The molecule has 0 amide bonds. The maximum absolute atomic E-state index is 9.27. The lowest BCUT2D eigenvalue weighted by molar-refractivity contribution is 0.215. The Hall–Kier alpha value is -0.610. The highest BCUT2D eigenvalue weighted by atomic mass is 79.9. The van der Waals surface area contributed by atoms with Crippen LogP contribution in [-0.2, 0) is 0 Å².